The Kier molecular flexibility index (Phi) is 7.44. The summed E-state index contributed by atoms with van der Waals surface area (Å²) >= 11 is 0. The molecule has 0 unspecified atom stereocenters. The molecule has 2 amide bonds. The minimum atomic E-state index is -4.57. The van der Waals surface area contributed by atoms with E-state index in [4.69, 9.17) is 9.47 Å². The van der Waals surface area contributed by atoms with Crippen LogP contribution in [0.25, 0.3) is 11.1 Å². The number of hydrogen-bond acceptors (Lipinski definition) is 5. The van der Waals surface area contributed by atoms with E-state index < -0.39 is 21.6 Å². The van der Waals surface area contributed by atoms with Gasteiger partial charge in [-0.2, -0.15) is 13.2 Å². The van der Waals surface area contributed by atoms with Gasteiger partial charge in [0.25, 0.3) is 0 Å². The molecular formula is C30H31F3N2O5S. The maximum Gasteiger partial charge on any atom is 0.417 e. The number of alkyl halides is 3. The van der Waals surface area contributed by atoms with Crippen molar-refractivity contribution in [3.63, 3.8) is 0 Å². The van der Waals surface area contributed by atoms with Crippen LogP contribution < -0.4 is 19.7 Å². The molecule has 0 saturated heterocycles. The number of sulfone groups is 1. The van der Waals surface area contributed by atoms with E-state index in [2.05, 4.69) is 5.32 Å². The van der Waals surface area contributed by atoms with Crippen LogP contribution in [0.3, 0.4) is 0 Å². The molecule has 1 aliphatic heterocycles. The number of nitrogens with one attached hydrogen (secondary N) is 1. The molecule has 3 aromatic rings. The molecule has 0 bridgehead atoms. The van der Waals surface area contributed by atoms with Crippen molar-refractivity contribution in [2.45, 2.75) is 48.7 Å². The van der Waals surface area contributed by atoms with Crippen LogP contribution in [-0.2, 0) is 28.0 Å². The van der Waals surface area contributed by atoms with E-state index in [1.54, 1.807) is 29.2 Å². The lowest BCUT2D eigenvalue weighted by Crippen LogP contribution is -2.41. The Morgan fingerprint density at radius 3 is 2.37 bits per heavy atom. The zero-order valence-corrected chi connectivity index (χ0v) is 23.8. The van der Waals surface area contributed by atoms with E-state index in [9.17, 15) is 26.4 Å². The van der Waals surface area contributed by atoms with Gasteiger partial charge in [-0.3, -0.25) is 4.90 Å². The third kappa shape index (κ3) is 5.47. The van der Waals surface area contributed by atoms with Crippen molar-refractivity contribution >= 4 is 21.6 Å². The van der Waals surface area contributed by atoms with Gasteiger partial charge in [0, 0.05) is 36.0 Å². The summed E-state index contributed by atoms with van der Waals surface area (Å²) in [6.07, 6.45) is 0.154. The van der Waals surface area contributed by atoms with Gasteiger partial charge in [0.1, 0.15) is 11.5 Å². The number of nitrogens with zero attached hydrogens (tertiary/aromatic N) is 1. The highest BCUT2D eigenvalue weighted by molar-refractivity contribution is 7.90. The molecule has 0 aromatic heterocycles. The average molecular weight is 589 g/mol. The van der Waals surface area contributed by atoms with Crippen molar-refractivity contribution in [2.24, 2.45) is 0 Å². The fourth-order valence-corrected chi connectivity index (χ4v) is 6.64. The topological polar surface area (TPSA) is 84.9 Å². The first-order valence-electron chi connectivity index (χ1n) is 13.2. The van der Waals surface area contributed by atoms with E-state index in [1.165, 1.54) is 38.5 Å². The summed E-state index contributed by atoms with van der Waals surface area (Å²) in [5.41, 5.74) is 1.54. The number of hydrogen-bond donors (Lipinski definition) is 1. The Bertz CT molecular complexity index is 1600. The van der Waals surface area contributed by atoms with Crippen LogP contribution in [-0.4, -0.2) is 41.5 Å². The number of carbonyl (C=O) groups excluding carboxylic acids is 1. The van der Waals surface area contributed by atoms with Gasteiger partial charge in [0.15, 0.2) is 9.84 Å². The number of fused-ring (bicyclic) bond motifs is 2. The molecule has 0 atom stereocenters. The van der Waals surface area contributed by atoms with Gasteiger partial charge >= 0.3 is 12.2 Å². The van der Waals surface area contributed by atoms with Crippen molar-refractivity contribution in [2.75, 3.05) is 31.9 Å². The number of amides is 2. The number of rotatable bonds is 6. The predicted molar refractivity (Wildman–Crippen MR) is 149 cm³/mol. The SMILES string of the molecule is COc1ccc(-c2ccc3c(c2)C2(CCCC2)CN3C(=O)NCc2ccc(S(C)(=O)=O)cc2OC)c(C(F)(F)F)c1. The number of anilines is 1. The Hall–Kier alpha value is -3.73. The van der Waals surface area contributed by atoms with E-state index in [-0.39, 0.29) is 34.2 Å². The van der Waals surface area contributed by atoms with Gasteiger partial charge in [0.05, 0.1) is 24.7 Å². The van der Waals surface area contributed by atoms with Crippen molar-refractivity contribution < 1.29 is 35.9 Å². The summed E-state index contributed by atoms with van der Waals surface area (Å²) in [7, 11) is -0.669. The van der Waals surface area contributed by atoms with Crippen LogP contribution >= 0.6 is 0 Å². The molecule has 1 aliphatic carbocycles. The molecule has 1 spiro atoms. The normalized spacial score (nSPS) is 16.1. The summed E-state index contributed by atoms with van der Waals surface area (Å²) in [5.74, 6) is 0.465. The maximum atomic E-state index is 14.0. The van der Waals surface area contributed by atoms with Gasteiger partial charge in [-0.25, -0.2) is 13.2 Å². The number of benzene rings is 3. The molecule has 5 rings (SSSR count). The molecule has 41 heavy (non-hydrogen) atoms. The average Bonchev–Trinajstić information content (AvgIpc) is 3.55. The standard InChI is InChI=1S/C30H31F3N2O5S/c1-39-21-8-10-23(24(15-21)30(31,32)33)19-7-11-26-25(14-19)29(12-4-5-13-29)18-35(26)28(36)34-17-20-6-9-22(41(3,37)38)16-27(20)40-2/h6-11,14-16H,4-5,12-13,17-18H2,1-3H3,(H,34,36). The summed E-state index contributed by atoms with van der Waals surface area (Å²) in [5, 5.41) is 2.90. The molecule has 7 nitrogen and oxygen atoms in total. The largest absolute Gasteiger partial charge is 0.497 e. The third-order valence-electron chi connectivity index (χ3n) is 8.09. The fourth-order valence-electron chi connectivity index (χ4n) is 6.00. The van der Waals surface area contributed by atoms with Crippen molar-refractivity contribution in [3.8, 4) is 22.6 Å². The van der Waals surface area contributed by atoms with E-state index in [0.29, 0.717) is 29.1 Å². The lowest BCUT2D eigenvalue weighted by atomic mass is 9.79. The lowest BCUT2D eigenvalue weighted by molar-refractivity contribution is -0.137. The minimum Gasteiger partial charge on any atom is -0.497 e. The molecule has 11 heteroatoms. The van der Waals surface area contributed by atoms with Gasteiger partial charge in [-0.05, 0) is 65.9 Å². The lowest BCUT2D eigenvalue weighted by Gasteiger charge is -2.25. The van der Waals surface area contributed by atoms with Crippen LogP contribution in [0.4, 0.5) is 23.7 Å². The number of urea groups is 1. The van der Waals surface area contributed by atoms with Gasteiger partial charge in [0.2, 0.25) is 0 Å². The van der Waals surface area contributed by atoms with Gasteiger partial charge < -0.3 is 14.8 Å². The Labute approximate surface area is 237 Å². The molecule has 1 N–H and O–H groups in total. The zero-order chi connectivity index (χ0) is 29.6. The molecule has 2 aliphatic rings. The van der Waals surface area contributed by atoms with Crippen LogP contribution in [0.15, 0.2) is 59.5 Å². The van der Waals surface area contributed by atoms with Crippen LogP contribution in [0.5, 0.6) is 11.5 Å². The van der Waals surface area contributed by atoms with Crippen LogP contribution in [0, 0.1) is 0 Å². The first-order chi connectivity index (χ1) is 19.4. The summed E-state index contributed by atoms with van der Waals surface area (Å²) in [6, 6.07) is 13.2. The highest BCUT2D eigenvalue weighted by Crippen LogP contribution is 2.52. The van der Waals surface area contributed by atoms with Crippen LogP contribution in [0.1, 0.15) is 42.4 Å². The van der Waals surface area contributed by atoms with Crippen molar-refractivity contribution in [1.29, 1.82) is 0 Å². The molecule has 218 valence electrons. The monoisotopic (exact) mass is 588 g/mol. The first-order valence-corrected chi connectivity index (χ1v) is 15.1. The molecular weight excluding hydrogens is 557 g/mol. The molecule has 3 aromatic carbocycles. The van der Waals surface area contributed by atoms with Crippen molar-refractivity contribution in [1.82, 2.24) is 5.32 Å². The molecule has 0 radical (unpaired) electrons. The third-order valence-corrected chi connectivity index (χ3v) is 9.20. The first kappa shape index (κ1) is 28.8. The summed E-state index contributed by atoms with van der Waals surface area (Å²) in [4.78, 5) is 15.2. The molecule has 1 fully saturated rings. The molecule has 1 saturated carbocycles. The van der Waals surface area contributed by atoms with E-state index >= 15 is 0 Å². The zero-order valence-electron chi connectivity index (χ0n) is 23.0. The second kappa shape index (κ2) is 10.6. The van der Waals surface area contributed by atoms with E-state index in [0.717, 1.165) is 43.6 Å². The number of ether oxygens (including phenoxy) is 2. The second-order valence-electron chi connectivity index (χ2n) is 10.6. The molecule has 1 heterocycles. The Morgan fingerprint density at radius 2 is 1.73 bits per heavy atom. The predicted octanol–water partition coefficient (Wildman–Crippen LogP) is 6.33. The van der Waals surface area contributed by atoms with Crippen molar-refractivity contribution in [3.05, 3.63) is 71.3 Å². The second-order valence-corrected chi connectivity index (χ2v) is 12.6. The van der Waals surface area contributed by atoms with Gasteiger partial charge in [-0.15, -0.1) is 0 Å². The number of methoxy groups -OCH3 is 2. The number of halogens is 3. The summed E-state index contributed by atoms with van der Waals surface area (Å²) < 4.78 is 76.2. The maximum absolute atomic E-state index is 14.0. The Balaban J connectivity index is 1.46. The number of carbonyl (C=O) groups is 1. The van der Waals surface area contributed by atoms with E-state index in [1.807, 2.05) is 0 Å². The van der Waals surface area contributed by atoms with Gasteiger partial charge in [-0.1, -0.05) is 31.0 Å². The highest BCUT2D eigenvalue weighted by Gasteiger charge is 2.46. The highest BCUT2D eigenvalue weighted by atomic mass is 32.2. The minimum absolute atomic E-state index is 0.0572. The fraction of sp³-hybridized carbons (Fsp3) is 0.367. The Morgan fingerprint density at radius 1 is 1.00 bits per heavy atom. The quantitative estimate of drug-likeness (QED) is 0.364. The van der Waals surface area contributed by atoms with Crippen LogP contribution in [0.2, 0.25) is 0 Å². The smallest absolute Gasteiger partial charge is 0.417 e. The summed E-state index contributed by atoms with van der Waals surface area (Å²) in [6.45, 7) is 0.528.